The number of aryl methyl sites for hydroxylation is 1. The average molecular weight is 459 g/mol. The van der Waals surface area contributed by atoms with Crippen molar-refractivity contribution in [3.63, 3.8) is 0 Å². The zero-order valence-corrected chi connectivity index (χ0v) is 18.7. The molecule has 2 aromatic rings. The minimum Gasteiger partial charge on any atom is -0.379 e. The average Bonchev–Trinajstić information content (AvgIpc) is 3.25. The smallest absolute Gasteiger partial charge is 0.112 e. The maximum atomic E-state index is 6.41. The van der Waals surface area contributed by atoms with Crippen LogP contribution in [0.3, 0.4) is 0 Å². The van der Waals surface area contributed by atoms with Crippen molar-refractivity contribution in [3.05, 3.63) is 51.3 Å². The van der Waals surface area contributed by atoms with Crippen LogP contribution in [0.2, 0.25) is 10.0 Å². The van der Waals surface area contributed by atoms with Crippen molar-refractivity contribution in [1.29, 1.82) is 0 Å². The van der Waals surface area contributed by atoms with Crippen molar-refractivity contribution in [2.24, 2.45) is 10.2 Å². The van der Waals surface area contributed by atoms with E-state index in [9.17, 15) is 0 Å². The summed E-state index contributed by atoms with van der Waals surface area (Å²) in [6.45, 7) is 5.89. The van der Waals surface area contributed by atoms with E-state index in [2.05, 4.69) is 36.3 Å². The molecule has 0 aliphatic carbocycles. The van der Waals surface area contributed by atoms with Gasteiger partial charge in [0.1, 0.15) is 5.69 Å². The van der Waals surface area contributed by atoms with Crippen LogP contribution in [0.15, 0.2) is 34.5 Å². The molecule has 0 atom stereocenters. The quantitative estimate of drug-likeness (QED) is 0.684. The van der Waals surface area contributed by atoms with E-state index in [1.165, 1.54) is 0 Å². The van der Waals surface area contributed by atoms with Gasteiger partial charge in [-0.1, -0.05) is 23.2 Å². The maximum Gasteiger partial charge on any atom is 0.112 e. The minimum absolute atomic E-state index is 0.683. The topological polar surface area (TPSA) is 66.2 Å². The largest absolute Gasteiger partial charge is 0.379 e. The second-order valence-corrected chi connectivity index (χ2v) is 8.94. The van der Waals surface area contributed by atoms with Crippen LogP contribution in [-0.4, -0.2) is 65.9 Å². The molecule has 7 nitrogen and oxygen atoms in total. The number of ether oxygens (including phenoxy) is 1. The number of hydrogen-bond donors (Lipinski definition) is 0. The number of hydrogen-bond acceptors (Lipinski definition) is 7. The van der Waals surface area contributed by atoms with Crippen LogP contribution < -0.4 is 4.90 Å². The van der Waals surface area contributed by atoms with Crippen LogP contribution in [0.5, 0.6) is 0 Å². The van der Waals surface area contributed by atoms with Crippen molar-refractivity contribution in [2.45, 2.75) is 25.8 Å². The Kier molecular flexibility index (Phi) is 6.18. The Morgan fingerprint density at radius 3 is 2.71 bits per heavy atom. The molecule has 0 unspecified atom stereocenters. The number of nitrogens with zero attached hydrogens (tertiary/aromatic N) is 6. The molecule has 5 rings (SSSR count). The van der Waals surface area contributed by atoms with Gasteiger partial charge in [0.25, 0.3) is 0 Å². The molecule has 0 amide bonds. The van der Waals surface area contributed by atoms with Crippen molar-refractivity contribution < 1.29 is 4.74 Å². The highest BCUT2D eigenvalue weighted by molar-refractivity contribution is 6.33. The summed E-state index contributed by atoms with van der Waals surface area (Å²) in [6.07, 6.45) is 2.67. The first-order chi connectivity index (χ1) is 15.2. The van der Waals surface area contributed by atoms with Crippen LogP contribution in [0.4, 0.5) is 5.69 Å². The van der Waals surface area contributed by atoms with Crippen LogP contribution >= 0.6 is 23.2 Å². The summed E-state index contributed by atoms with van der Waals surface area (Å²) >= 11 is 12.6. The lowest BCUT2D eigenvalue weighted by Gasteiger charge is -2.31. The number of fused-ring (bicyclic) bond motifs is 1. The normalized spacial score (nSPS) is 19.2. The summed E-state index contributed by atoms with van der Waals surface area (Å²) < 4.78 is 5.43. The molecule has 1 saturated heterocycles. The Bertz CT molecular complexity index is 1030. The molecule has 1 aromatic carbocycles. The highest BCUT2D eigenvalue weighted by Crippen LogP contribution is 2.30. The molecular formula is C22H24Cl2N6O. The van der Waals surface area contributed by atoms with Gasteiger partial charge in [-0.2, -0.15) is 15.3 Å². The molecule has 162 valence electrons. The standard InChI is InChI=1S/C22H24Cl2N6O/c23-16-3-4-18(24)15(10-16)13-30-5-1-2-19-22(30)12-21(28-26-19)20-11-17(25-27-20)14-29-6-8-31-9-7-29/h3-4,10,12H,1-2,5-9,11,13-14H2. The predicted octanol–water partition coefficient (Wildman–Crippen LogP) is 3.62. The van der Waals surface area contributed by atoms with Gasteiger partial charge in [0.15, 0.2) is 0 Å². The summed E-state index contributed by atoms with van der Waals surface area (Å²) in [6, 6.07) is 7.70. The fourth-order valence-electron chi connectivity index (χ4n) is 4.23. The summed E-state index contributed by atoms with van der Waals surface area (Å²) in [5.74, 6) is 0. The fourth-order valence-corrected chi connectivity index (χ4v) is 4.61. The van der Waals surface area contributed by atoms with E-state index in [-0.39, 0.29) is 0 Å². The highest BCUT2D eigenvalue weighted by atomic mass is 35.5. The number of benzene rings is 1. The molecule has 3 aliphatic heterocycles. The first-order valence-corrected chi connectivity index (χ1v) is 11.4. The Balaban J connectivity index is 1.31. The first kappa shape index (κ1) is 20.8. The Labute approximate surface area is 191 Å². The van der Waals surface area contributed by atoms with E-state index in [0.29, 0.717) is 18.0 Å². The van der Waals surface area contributed by atoms with Gasteiger partial charge in [-0.3, -0.25) is 4.90 Å². The van der Waals surface area contributed by atoms with Gasteiger partial charge in [-0.25, -0.2) is 0 Å². The highest BCUT2D eigenvalue weighted by Gasteiger charge is 2.24. The maximum absolute atomic E-state index is 6.41. The molecule has 0 bridgehead atoms. The Morgan fingerprint density at radius 2 is 1.84 bits per heavy atom. The van der Waals surface area contributed by atoms with Gasteiger partial charge in [0.2, 0.25) is 0 Å². The third-order valence-corrected chi connectivity index (χ3v) is 6.49. The van der Waals surface area contributed by atoms with E-state index < -0.39 is 0 Å². The molecule has 1 aromatic heterocycles. The molecule has 0 spiro atoms. The summed E-state index contributed by atoms with van der Waals surface area (Å²) in [7, 11) is 0. The molecule has 1 fully saturated rings. The Morgan fingerprint density at radius 1 is 0.968 bits per heavy atom. The van der Waals surface area contributed by atoms with Crippen LogP contribution in [-0.2, 0) is 17.7 Å². The second kappa shape index (κ2) is 9.20. The molecule has 3 aliphatic rings. The molecule has 9 heteroatoms. The van der Waals surface area contributed by atoms with Gasteiger partial charge in [-0.05, 0) is 42.7 Å². The summed E-state index contributed by atoms with van der Waals surface area (Å²) in [5.41, 5.74) is 5.86. The second-order valence-electron chi connectivity index (χ2n) is 8.10. The zero-order chi connectivity index (χ0) is 21.2. The first-order valence-electron chi connectivity index (χ1n) is 10.6. The minimum atomic E-state index is 0.683. The lowest BCUT2D eigenvalue weighted by atomic mass is 10.0. The van der Waals surface area contributed by atoms with E-state index in [0.717, 1.165) is 91.3 Å². The van der Waals surface area contributed by atoms with Crippen LogP contribution in [0.1, 0.15) is 29.8 Å². The number of rotatable bonds is 5. The number of halogens is 2. The SMILES string of the molecule is Clc1ccc(Cl)c(CN2CCCc3nnc(C4=NN=C(CN5CCOCC5)C4)cc32)c1. The van der Waals surface area contributed by atoms with Crippen LogP contribution in [0.25, 0.3) is 0 Å². The van der Waals surface area contributed by atoms with Gasteiger partial charge < -0.3 is 9.64 Å². The third kappa shape index (κ3) is 4.75. The van der Waals surface area contributed by atoms with Crippen molar-refractivity contribution in [3.8, 4) is 0 Å². The predicted molar refractivity (Wildman–Crippen MR) is 124 cm³/mol. The van der Waals surface area contributed by atoms with Crippen molar-refractivity contribution in [2.75, 3.05) is 44.3 Å². The van der Waals surface area contributed by atoms with E-state index >= 15 is 0 Å². The van der Waals surface area contributed by atoms with Gasteiger partial charge >= 0.3 is 0 Å². The number of aromatic nitrogens is 2. The van der Waals surface area contributed by atoms with E-state index in [1.807, 2.05) is 18.2 Å². The molecule has 0 saturated carbocycles. The molecule has 0 N–H and O–H groups in total. The lowest BCUT2D eigenvalue weighted by Crippen LogP contribution is -2.39. The van der Waals surface area contributed by atoms with E-state index in [1.54, 1.807) is 0 Å². The monoisotopic (exact) mass is 458 g/mol. The van der Waals surface area contributed by atoms with Crippen molar-refractivity contribution >= 4 is 40.3 Å². The molecule has 31 heavy (non-hydrogen) atoms. The number of anilines is 1. The Hall–Kier alpha value is -2.06. The summed E-state index contributed by atoms with van der Waals surface area (Å²) in [4.78, 5) is 4.66. The van der Waals surface area contributed by atoms with Gasteiger partial charge in [-0.15, -0.1) is 5.10 Å². The lowest BCUT2D eigenvalue weighted by molar-refractivity contribution is 0.0452. The zero-order valence-electron chi connectivity index (χ0n) is 17.2. The molecule has 4 heterocycles. The molecular weight excluding hydrogens is 435 g/mol. The fraction of sp³-hybridized carbons (Fsp3) is 0.455. The summed E-state index contributed by atoms with van der Waals surface area (Å²) in [5, 5.41) is 19.2. The van der Waals surface area contributed by atoms with Gasteiger partial charge in [0, 0.05) is 49.2 Å². The van der Waals surface area contributed by atoms with Gasteiger partial charge in [0.05, 0.1) is 36.0 Å². The van der Waals surface area contributed by atoms with E-state index in [4.69, 9.17) is 27.9 Å². The van der Waals surface area contributed by atoms with Crippen LogP contribution in [0, 0.1) is 0 Å². The number of morpholine rings is 1. The van der Waals surface area contributed by atoms with Crippen molar-refractivity contribution in [1.82, 2.24) is 15.1 Å². The third-order valence-electron chi connectivity index (χ3n) is 5.89. The molecule has 0 radical (unpaired) electrons.